The molecule has 6 nitrogen and oxygen atoms in total. The van der Waals surface area contributed by atoms with Crippen molar-refractivity contribution in [3.05, 3.63) is 24.3 Å². The Bertz CT molecular complexity index is 514. The van der Waals surface area contributed by atoms with Crippen LogP contribution in [0.1, 0.15) is 19.8 Å². The van der Waals surface area contributed by atoms with Crippen LogP contribution in [0.15, 0.2) is 24.3 Å². The van der Waals surface area contributed by atoms with Gasteiger partial charge in [-0.25, -0.2) is 9.59 Å². The Morgan fingerprint density at radius 1 is 1.43 bits per heavy atom. The second-order valence-electron chi connectivity index (χ2n) is 5.36. The van der Waals surface area contributed by atoms with E-state index in [4.69, 9.17) is 9.84 Å². The number of benzene rings is 1. The zero-order valence-electron chi connectivity index (χ0n) is 12.0. The normalized spacial score (nSPS) is 15.1. The van der Waals surface area contributed by atoms with Crippen LogP contribution in [0.3, 0.4) is 0 Å². The molecule has 1 fully saturated rings. The average molecular weight is 292 g/mol. The molecule has 1 unspecified atom stereocenters. The van der Waals surface area contributed by atoms with Gasteiger partial charge >= 0.3 is 12.0 Å². The van der Waals surface area contributed by atoms with Crippen molar-refractivity contribution in [1.82, 2.24) is 5.32 Å². The monoisotopic (exact) mass is 292 g/mol. The molecular formula is C15H20N2O4. The predicted molar refractivity (Wildman–Crippen MR) is 78.5 cm³/mol. The molecule has 0 aromatic heterocycles. The van der Waals surface area contributed by atoms with Crippen molar-refractivity contribution in [2.45, 2.75) is 19.8 Å². The van der Waals surface area contributed by atoms with E-state index in [0.717, 1.165) is 5.92 Å². The number of carbonyl (C=O) groups is 2. The van der Waals surface area contributed by atoms with E-state index in [1.165, 1.54) is 12.8 Å². The molecular weight excluding hydrogens is 272 g/mol. The molecule has 6 heteroatoms. The standard InChI is InChI=1S/C15H20N2O4/c1-10(11-5-6-11)8-16-15(20)17-12-3-2-4-13(7-12)21-9-14(18)19/h2-4,7,10-11H,5-6,8-9H2,1H3,(H,18,19)(H2,16,17,20). The quantitative estimate of drug-likeness (QED) is 0.719. The van der Waals surface area contributed by atoms with Crippen LogP contribution in [0, 0.1) is 11.8 Å². The number of ether oxygens (including phenoxy) is 1. The van der Waals surface area contributed by atoms with E-state index >= 15 is 0 Å². The first kappa shape index (κ1) is 15.2. The van der Waals surface area contributed by atoms with E-state index in [-0.39, 0.29) is 6.03 Å². The second kappa shape index (κ2) is 6.97. The summed E-state index contributed by atoms with van der Waals surface area (Å²) >= 11 is 0. The zero-order valence-corrected chi connectivity index (χ0v) is 12.0. The molecule has 21 heavy (non-hydrogen) atoms. The van der Waals surface area contributed by atoms with E-state index in [2.05, 4.69) is 17.6 Å². The number of hydrogen-bond acceptors (Lipinski definition) is 3. The maximum absolute atomic E-state index is 11.8. The molecule has 2 amide bonds. The van der Waals surface area contributed by atoms with Gasteiger partial charge in [0.05, 0.1) is 0 Å². The fourth-order valence-corrected chi connectivity index (χ4v) is 2.07. The summed E-state index contributed by atoms with van der Waals surface area (Å²) < 4.78 is 5.06. The van der Waals surface area contributed by atoms with Gasteiger partial charge in [-0.1, -0.05) is 13.0 Å². The Labute approximate surface area is 123 Å². The summed E-state index contributed by atoms with van der Waals surface area (Å²) in [6.07, 6.45) is 2.51. The van der Waals surface area contributed by atoms with Gasteiger partial charge in [-0.3, -0.25) is 0 Å². The number of rotatable bonds is 7. The third-order valence-corrected chi connectivity index (χ3v) is 3.47. The zero-order chi connectivity index (χ0) is 15.2. The summed E-state index contributed by atoms with van der Waals surface area (Å²) in [6, 6.07) is 6.38. The predicted octanol–water partition coefficient (Wildman–Crippen LogP) is 2.32. The van der Waals surface area contributed by atoms with Crippen molar-refractivity contribution < 1.29 is 19.4 Å². The van der Waals surface area contributed by atoms with Crippen molar-refractivity contribution in [2.75, 3.05) is 18.5 Å². The summed E-state index contributed by atoms with van der Waals surface area (Å²) in [4.78, 5) is 22.2. The molecule has 1 aromatic rings. The molecule has 0 saturated heterocycles. The lowest BCUT2D eigenvalue weighted by atomic mass is 10.1. The van der Waals surface area contributed by atoms with Crippen molar-refractivity contribution in [1.29, 1.82) is 0 Å². The fraction of sp³-hybridized carbons (Fsp3) is 0.467. The minimum absolute atomic E-state index is 0.266. The van der Waals surface area contributed by atoms with Crippen molar-refractivity contribution in [2.24, 2.45) is 11.8 Å². The molecule has 0 spiro atoms. The van der Waals surface area contributed by atoms with Crippen LogP contribution in [0.4, 0.5) is 10.5 Å². The van der Waals surface area contributed by atoms with Crippen LogP contribution < -0.4 is 15.4 Å². The van der Waals surface area contributed by atoms with Gasteiger partial charge in [-0.2, -0.15) is 0 Å². The first-order chi connectivity index (χ1) is 10.0. The number of aliphatic carboxylic acids is 1. The smallest absolute Gasteiger partial charge is 0.341 e. The highest BCUT2D eigenvalue weighted by Gasteiger charge is 2.27. The van der Waals surface area contributed by atoms with E-state index in [1.807, 2.05) is 0 Å². The van der Waals surface area contributed by atoms with Gasteiger partial charge in [-0.05, 0) is 36.8 Å². The van der Waals surface area contributed by atoms with Crippen LogP contribution in [-0.2, 0) is 4.79 Å². The molecule has 3 N–H and O–H groups in total. The lowest BCUT2D eigenvalue weighted by Gasteiger charge is -2.12. The van der Waals surface area contributed by atoms with Crippen LogP contribution >= 0.6 is 0 Å². The molecule has 1 aliphatic carbocycles. The Morgan fingerprint density at radius 3 is 2.86 bits per heavy atom. The minimum Gasteiger partial charge on any atom is -0.482 e. The molecule has 0 bridgehead atoms. The van der Waals surface area contributed by atoms with E-state index in [1.54, 1.807) is 24.3 Å². The molecule has 2 rings (SSSR count). The van der Waals surface area contributed by atoms with Gasteiger partial charge in [0, 0.05) is 18.3 Å². The fourth-order valence-electron chi connectivity index (χ4n) is 2.07. The van der Waals surface area contributed by atoms with Gasteiger partial charge in [0.2, 0.25) is 0 Å². The van der Waals surface area contributed by atoms with Crippen molar-refractivity contribution in [3.8, 4) is 5.75 Å². The Balaban J connectivity index is 1.79. The highest BCUT2D eigenvalue weighted by molar-refractivity contribution is 5.89. The van der Waals surface area contributed by atoms with Crippen LogP contribution in [0.25, 0.3) is 0 Å². The van der Waals surface area contributed by atoms with Crippen LogP contribution in [-0.4, -0.2) is 30.3 Å². The van der Waals surface area contributed by atoms with Gasteiger partial charge < -0.3 is 20.5 Å². The maximum Gasteiger partial charge on any atom is 0.341 e. The molecule has 0 aliphatic heterocycles. The summed E-state index contributed by atoms with van der Waals surface area (Å²) in [7, 11) is 0. The Morgan fingerprint density at radius 2 is 2.19 bits per heavy atom. The molecule has 114 valence electrons. The number of urea groups is 1. The summed E-state index contributed by atoms with van der Waals surface area (Å²) in [5, 5.41) is 14.1. The maximum atomic E-state index is 11.8. The van der Waals surface area contributed by atoms with E-state index < -0.39 is 12.6 Å². The largest absolute Gasteiger partial charge is 0.482 e. The van der Waals surface area contributed by atoms with Gasteiger partial charge in [0.1, 0.15) is 5.75 Å². The summed E-state index contributed by atoms with van der Waals surface area (Å²) in [5.74, 6) is 0.612. The molecule has 1 aromatic carbocycles. The molecule has 0 heterocycles. The van der Waals surface area contributed by atoms with E-state index in [0.29, 0.717) is 23.9 Å². The highest BCUT2D eigenvalue weighted by Crippen LogP contribution is 2.36. The van der Waals surface area contributed by atoms with Gasteiger partial charge in [0.25, 0.3) is 0 Å². The van der Waals surface area contributed by atoms with Gasteiger partial charge in [0.15, 0.2) is 6.61 Å². The van der Waals surface area contributed by atoms with E-state index in [9.17, 15) is 9.59 Å². The number of carboxylic acids is 1. The third-order valence-electron chi connectivity index (χ3n) is 3.47. The Kier molecular flexibility index (Phi) is 5.03. The molecule has 0 radical (unpaired) electrons. The molecule has 1 atom stereocenters. The SMILES string of the molecule is CC(CNC(=O)Nc1cccc(OCC(=O)O)c1)C1CC1. The highest BCUT2D eigenvalue weighted by atomic mass is 16.5. The number of carbonyl (C=O) groups excluding carboxylic acids is 1. The number of nitrogens with one attached hydrogen (secondary N) is 2. The topological polar surface area (TPSA) is 87.7 Å². The van der Waals surface area contributed by atoms with Crippen LogP contribution in [0.2, 0.25) is 0 Å². The number of amides is 2. The number of hydrogen-bond donors (Lipinski definition) is 3. The molecule has 1 saturated carbocycles. The minimum atomic E-state index is -1.04. The Hall–Kier alpha value is -2.24. The summed E-state index contributed by atoms with van der Waals surface area (Å²) in [5.41, 5.74) is 0.564. The van der Waals surface area contributed by atoms with Gasteiger partial charge in [-0.15, -0.1) is 0 Å². The number of anilines is 1. The average Bonchev–Trinajstić information content (AvgIpc) is 3.27. The lowest BCUT2D eigenvalue weighted by molar-refractivity contribution is -0.139. The first-order valence-corrected chi connectivity index (χ1v) is 7.04. The third kappa shape index (κ3) is 5.33. The molecule has 1 aliphatic rings. The van der Waals surface area contributed by atoms with Crippen molar-refractivity contribution >= 4 is 17.7 Å². The second-order valence-corrected chi connectivity index (χ2v) is 5.36. The first-order valence-electron chi connectivity index (χ1n) is 7.04. The number of carboxylic acid groups (broad SMARTS) is 1. The van der Waals surface area contributed by atoms with Crippen LogP contribution in [0.5, 0.6) is 5.75 Å². The summed E-state index contributed by atoms with van der Waals surface area (Å²) in [6.45, 7) is 2.39. The van der Waals surface area contributed by atoms with Crippen molar-refractivity contribution in [3.63, 3.8) is 0 Å². The lowest BCUT2D eigenvalue weighted by Crippen LogP contribution is -2.32.